The number of benzene rings is 1. The van der Waals surface area contributed by atoms with Gasteiger partial charge in [0.15, 0.2) is 0 Å². The molecule has 25 heavy (non-hydrogen) atoms. The van der Waals surface area contributed by atoms with Crippen LogP contribution in [0.3, 0.4) is 0 Å². The van der Waals surface area contributed by atoms with Gasteiger partial charge in [-0.2, -0.15) is 0 Å². The van der Waals surface area contributed by atoms with E-state index in [-0.39, 0.29) is 6.42 Å². The highest BCUT2D eigenvalue weighted by Crippen LogP contribution is 2.17. The monoisotopic (exact) mass is 346 g/mol. The molecular formula is C23H38O2. The lowest BCUT2D eigenvalue weighted by molar-refractivity contribution is -0.137. The SMILES string of the molecule is C/C=C\CCCC(=O)O.CCC(CC)CCCCCc1ccccc1. The predicted molar refractivity (Wildman–Crippen MR) is 109 cm³/mol. The molecule has 0 bridgehead atoms. The maximum absolute atomic E-state index is 9.94. The molecule has 0 aromatic heterocycles. The number of carboxylic acid groups (broad SMARTS) is 1. The molecule has 1 aromatic rings. The van der Waals surface area contributed by atoms with Crippen LogP contribution in [0, 0.1) is 5.92 Å². The average molecular weight is 347 g/mol. The molecule has 1 rings (SSSR count). The Labute approximate surface area is 155 Å². The van der Waals surface area contributed by atoms with E-state index in [1.165, 1.54) is 50.5 Å². The summed E-state index contributed by atoms with van der Waals surface area (Å²) in [6.07, 6.45) is 15.4. The van der Waals surface area contributed by atoms with Crippen LogP contribution in [0.5, 0.6) is 0 Å². The lowest BCUT2D eigenvalue weighted by Crippen LogP contribution is -1.96. The highest BCUT2D eigenvalue weighted by Gasteiger charge is 2.02. The largest absolute Gasteiger partial charge is 0.481 e. The molecule has 2 heteroatoms. The van der Waals surface area contributed by atoms with Gasteiger partial charge in [-0.15, -0.1) is 0 Å². The second-order valence-electron chi connectivity index (χ2n) is 6.62. The van der Waals surface area contributed by atoms with Crippen molar-refractivity contribution in [3.05, 3.63) is 48.0 Å². The molecule has 0 saturated heterocycles. The molecule has 0 fully saturated rings. The van der Waals surface area contributed by atoms with E-state index in [0.29, 0.717) is 0 Å². The number of aryl methyl sites for hydroxylation is 1. The van der Waals surface area contributed by atoms with Crippen molar-refractivity contribution >= 4 is 5.97 Å². The summed E-state index contributed by atoms with van der Waals surface area (Å²) in [6.45, 7) is 6.57. The number of carboxylic acids is 1. The normalized spacial score (nSPS) is 10.7. The van der Waals surface area contributed by atoms with E-state index in [4.69, 9.17) is 5.11 Å². The molecule has 0 aliphatic carbocycles. The van der Waals surface area contributed by atoms with Crippen LogP contribution >= 0.6 is 0 Å². The van der Waals surface area contributed by atoms with Crippen molar-refractivity contribution in [2.24, 2.45) is 5.92 Å². The molecular weight excluding hydrogens is 308 g/mol. The zero-order chi connectivity index (χ0) is 18.8. The lowest BCUT2D eigenvalue weighted by Gasteiger charge is -2.11. The number of carbonyl (C=O) groups is 1. The summed E-state index contributed by atoms with van der Waals surface area (Å²) in [5.74, 6) is 0.260. The van der Waals surface area contributed by atoms with Crippen molar-refractivity contribution in [1.82, 2.24) is 0 Å². The summed E-state index contributed by atoms with van der Waals surface area (Å²) in [6, 6.07) is 10.8. The highest BCUT2D eigenvalue weighted by atomic mass is 16.4. The molecule has 0 unspecified atom stereocenters. The van der Waals surface area contributed by atoms with Crippen LogP contribution in [-0.4, -0.2) is 11.1 Å². The Morgan fingerprint density at radius 1 is 1.04 bits per heavy atom. The van der Waals surface area contributed by atoms with Gasteiger partial charge in [-0.05, 0) is 44.1 Å². The van der Waals surface area contributed by atoms with Gasteiger partial charge < -0.3 is 5.11 Å². The van der Waals surface area contributed by atoms with Crippen LogP contribution in [0.25, 0.3) is 0 Å². The maximum Gasteiger partial charge on any atom is 0.303 e. The van der Waals surface area contributed by atoms with Gasteiger partial charge in [-0.1, -0.05) is 88.4 Å². The molecule has 0 radical (unpaired) electrons. The first kappa shape index (κ1) is 23.4. The summed E-state index contributed by atoms with van der Waals surface area (Å²) in [7, 11) is 0. The quantitative estimate of drug-likeness (QED) is 0.325. The third-order valence-electron chi connectivity index (χ3n) is 4.57. The number of aliphatic carboxylic acids is 1. The number of rotatable bonds is 12. The summed E-state index contributed by atoms with van der Waals surface area (Å²) in [4.78, 5) is 9.94. The fourth-order valence-electron chi connectivity index (χ4n) is 2.82. The van der Waals surface area contributed by atoms with Crippen LogP contribution in [0.1, 0.15) is 84.1 Å². The number of hydrogen-bond acceptors (Lipinski definition) is 1. The second-order valence-corrected chi connectivity index (χ2v) is 6.62. The van der Waals surface area contributed by atoms with Gasteiger partial charge in [-0.25, -0.2) is 0 Å². The summed E-state index contributed by atoms with van der Waals surface area (Å²) in [5.41, 5.74) is 1.49. The second kappa shape index (κ2) is 17.3. The van der Waals surface area contributed by atoms with Crippen LogP contribution in [-0.2, 0) is 11.2 Å². The minimum atomic E-state index is -0.709. The average Bonchev–Trinajstić information content (AvgIpc) is 2.63. The minimum absolute atomic E-state index is 0.282. The van der Waals surface area contributed by atoms with Crippen molar-refractivity contribution in [3.8, 4) is 0 Å². The molecule has 0 saturated carbocycles. The van der Waals surface area contributed by atoms with E-state index in [1.807, 2.05) is 19.1 Å². The van der Waals surface area contributed by atoms with Crippen molar-refractivity contribution in [1.29, 1.82) is 0 Å². The van der Waals surface area contributed by atoms with Crippen LogP contribution in [0.2, 0.25) is 0 Å². The molecule has 142 valence electrons. The third-order valence-corrected chi connectivity index (χ3v) is 4.57. The first-order valence-electron chi connectivity index (χ1n) is 10.0. The van der Waals surface area contributed by atoms with E-state index in [1.54, 1.807) is 0 Å². The molecule has 1 aromatic carbocycles. The molecule has 1 N–H and O–H groups in total. The van der Waals surface area contributed by atoms with E-state index in [0.717, 1.165) is 18.8 Å². The van der Waals surface area contributed by atoms with Crippen LogP contribution in [0.4, 0.5) is 0 Å². The van der Waals surface area contributed by atoms with Crippen molar-refractivity contribution in [3.63, 3.8) is 0 Å². The summed E-state index contributed by atoms with van der Waals surface area (Å²) >= 11 is 0. The van der Waals surface area contributed by atoms with Crippen LogP contribution < -0.4 is 0 Å². The lowest BCUT2D eigenvalue weighted by atomic mass is 9.95. The van der Waals surface area contributed by atoms with E-state index >= 15 is 0 Å². The molecule has 0 amide bonds. The van der Waals surface area contributed by atoms with Gasteiger partial charge in [0.1, 0.15) is 0 Å². The molecule has 0 atom stereocenters. The van der Waals surface area contributed by atoms with Crippen molar-refractivity contribution < 1.29 is 9.90 Å². The Hall–Kier alpha value is -1.57. The summed E-state index contributed by atoms with van der Waals surface area (Å²) in [5, 5.41) is 8.19. The van der Waals surface area contributed by atoms with E-state index < -0.39 is 5.97 Å². The van der Waals surface area contributed by atoms with Gasteiger partial charge in [0.05, 0.1) is 0 Å². The third kappa shape index (κ3) is 15.7. The smallest absolute Gasteiger partial charge is 0.303 e. The Balaban J connectivity index is 0.000000547. The predicted octanol–water partition coefficient (Wildman–Crippen LogP) is 7.04. The van der Waals surface area contributed by atoms with Gasteiger partial charge in [0, 0.05) is 6.42 Å². The zero-order valence-corrected chi connectivity index (χ0v) is 16.5. The number of allylic oxidation sites excluding steroid dienone is 2. The standard InChI is InChI=1S/C16H26.C7H12O2/c1-3-15(4-2)11-7-5-8-12-16-13-9-6-10-14-16;1-2-3-4-5-6-7(8)9/h6,9-10,13-15H,3-5,7-8,11-12H2,1-2H3;2-3H,4-6H2,1H3,(H,8,9)/b;3-2-. The number of unbranched alkanes of at least 4 members (excludes halogenated alkanes) is 3. The zero-order valence-electron chi connectivity index (χ0n) is 16.5. The fourth-order valence-corrected chi connectivity index (χ4v) is 2.82. The minimum Gasteiger partial charge on any atom is -0.481 e. The molecule has 0 spiro atoms. The number of hydrogen-bond donors (Lipinski definition) is 1. The first-order valence-corrected chi connectivity index (χ1v) is 10.0. The summed E-state index contributed by atoms with van der Waals surface area (Å²) < 4.78 is 0. The van der Waals surface area contributed by atoms with Crippen molar-refractivity contribution in [2.45, 2.75) is 85.0 Å². The Morgan fingerprint density at radius 3 is 2.28 bits per heavy atom. The van der Waals surface area contributed by atoms with Gasteiger partial charge in [0.2, 0.25) is 0 Å². The van der Waals surface area contributed by atoms with Crippen molar-refractivity contribution in [2.75, 3.05) is 0 Å². The van der Waals surface area contributed by atoms with Gasteiger partial charge in [-0.3, -0.25) is 4.79 Å². The molecule has 0 aliphatic heterocycles. The molecule has 0 heterocycles. The highest BCUT2D eigenvalue weighted by molar-refractivity contribution is 5.66. The Bertz CT molecular complexity index is 433. The van der Waals surface area contributed by atoms with Crippen LogP contribution in [0.15, 0.2) is 42.5 Å². The van der Waals surface area contributed by atoms with Gasteiger partial charge >= 0.3 is 5.97 Å². The maximum atomic E-state index is 9.94. The van der Waals surface area contributed by atoms with E-state index in [2.05, 4.69) is 44.2 Å². The van der Waals surface area contributed by atoms with E-state index in [9.17, 15) is 4.79 Å². The fraction of sp³-hybridized carbons (Fsp3) is 0.609. The van der Waals surface area contributed by atoms with Gasteiger partial charge in [0.25, 0.3) is 0 Å². The molecule has 2 nitrogen and oxygen atoms in total. The molecule has 0 aliphatic rings. The Morgan fingerprint density at radius 2 is 1.72 bits per heavy atom. The topological polar surface area (TPSA) is 37.3 Å². The first-order chi connectivity index (χ1) is 12.1. The Kier molecular flexibility index (Phi) is 16.2.